The molecule has 2 heterocycles. The zero-order valence-corrected chi connectivity index (χ0v) is 9.76. The zero-order chi connectivity index (χ0) is 10.8. The van der Waals surface area contributed by atoms with Crippen molar-refractivity contribution in [3.63, 3.8) is 0 Å². The molecule has 1 saturated heterocycles. The summed E-state index contributed by atoms with van der Waals surface area (Å²) in [5.41, 5.74) is 1.28. The summed E-state index contributed by atoms with van der Waals surface area (Å²) in [5, 5.41) is 5.34. The predicted molar refractivity (Wildman–Crippen MR) is 60.2 cm³/mol. The average Bonchev–Trinajstić information content (AvgIpc) is 2.84. The Kier molecular flexibility index (Phi) is 3.07. The maximum absolute atomic E-state index is 11.6. The minimum Gasteiger partial charge on any atom is -0.469 e. The highest BCUT2D eigenvalue weighted by atomic mass is 32.1. The highest BCUT2D eigenvalue weighted by molar-refractivity contribution is 7.10. The van der Waals surface area contributed by atoms with Crippen molar-refractivity contribution < 1.29 is 9.53 Å². The molecule has 0 bridgehead atoms. The van der Waals surface area contributed by atoms with Crippen molar-refractivity contribution in [2.24, 2.45) is 5.92 Å². The van der Waals surface area contributed by atoms with Crippen molar-refractivity contribution in [3.8, 4) is 0 Å². The molecule has 0 spiro atoms. The van der Waals surface area contributed by atoms with E-state index in [9.17, 15) is 4.79 Å². The molecular formula is C11H15NO2S. The van der Waals surface area contributed by atoms with E-state index in [1.165, 1.54) is 17.6 Å². The highest BCUT2D eigenvalue weighted by Crippen LogP contribution is 2.34. The molecule has 1 N–H and O–H groups in total. The third-order valence-corrected chi connectivity index (χ3v) is 4.11. The average molecular weight is 225 g/mol. The summed E-state index contributed by atoms with van der Waals surface area (Å²) < 4.78 is 4.83. The Balaban J connectivity index is 2.22. The maximum atomic E-state index is 11.6. The number of carbonyl (C=O) groups is 1. The molecule has 0 aromatic carbocycles. The van der Waals surface area contributed by atoms with Crippen molar-refractivity contribution >= 4 is 17.3 Å². The summed E-state index contributed by atoms with van der Waals surface area (Å²) in [7, 11) is 1.46. The number of aryl methyl sites for hydroxylation is 1. The van der Waals surface area contributed by atoms with Gasteiger partial charge >= 0.3 is 5.97 Å². The second kappa shape index (κ2) is 4.33. The van der Waals surface area contributed by atoms with Gasteiger partial charge in [-0.15, -0.1) is 11.3 Å². The van der Waals surface area contributed by atoms with Gasteiger partial charge in [0.25, 0.3) is 0 Å². The number of methoxy groups -OCH3 is 1. The van der Waals surface area contributed by atoms with Gasteiger partial charge in [0, 0.05) is 23.9 Å². The Morgan fingerprint density at radius 2 is 2.40 bits per heavy atom. The Hall–Kier alpha value is -0.870. The molecule has 2 rings (SSSR count). The van der Waals surface area contributed by atoms with E-state index in [0.717, 1.165) is 13.1 Å². The summed E-state index contributed by atoms with van der Waals surface area (Å²) >= 11 is 1.73. The van der Waals surface area contributed by atoms with E-state index in [0.29, 0.717) is 0 Å². The van der Waals surface area contributed by atoms with E-state index < -0.39 is 0 Å². The van der Waals surface area contributed by atoms with Gasteiger partial charge in [-0.25, -0.2) is 0 Å². The Morgan fingerprint density at radius 3 is 3.00 bits per heavy atom. The fraction of sp³-hybridized carbons (Fsp3) is 0.545. The lowest BCUT2D eigenvalue weighted by atomic mass is 9.93. The molecule has 1 aliphatic rings. The first-order valence-corrected chi connectivity index (χ1v) is 5.94. The SMILES string of the molecule is COC(=O)C1CNCC1c1sccc1C. The van der Waals surface area contributed by atoms with Gasteiger partial charge in [0.1, 0.15) is 0 Å². The van der Waals surface area contributed by atoms with Crippen molar-refractivity contribution in [2.45, 2.75) is 12.8 Å². The van der Waals surface area contributed by atoms with Crippen LogP contribution in [0.5, 0.6) is 0 Å². The normalized spacial score (nSPS) is 25.5. The van der Waals surface area contributed by atoms with E-state index in [-0.39, 0.29) is 17.8 Å². The van der Waals surface area contributed by atoms with E-state index in [1.807, 2.05) is 0 Å². The van der Waals surface area contributed by atoms with Crippen molar-refractivity contribution in [1.82, 2.24) is 5.32 Å². The number of nitrogens with one attached hydrogen (secondary N) is 1. The molecule has 1 aliphatic heterocycles. The number of esters is 1. The van der Waals surface area contributed by atoms with Gasteiger partial charge in [0.2, 0.25) is 0 Å². The van der Waals surface area contributed by atoms with Gasteiger partial charge in [-0.2, -0.15) is 0 Å². The molecule has 0 aliphatic carbocycles. The molecule has 0 amide bonds. The summed E-state index contributed by atoms with van der Waals surface area (Å²) in [6.07, 6.45) is 0. The Labute approximate surface area is 93.4 Å². The lowest BCUT2D eigenvalue weighted by Gasteiger charge is -2.15. The molecular weight excluding hydrogens is 210 g/mol. The molecule has 1 aromatic heterocycles. The van der Waals surface area contributed by atoms with E-state index >= 15 is 0 Å². The Bertz CT molecular complexity index is 361. The van der Waals surface area contributed by atoms with Crippen LogP contribution in [-0.2, 0) is 9.53 Å². The van der Waals surface area contributed by atoms with Gasteiger partial charge in [-0.3, -0.25) is 4.79 Å². The fourth-order valence-electron chi connectivity index (χ4n) is 2.12. The summed E-state index contributed by atoms with van der Waals surface area (Å²) in [4.78, 5) is 12.9. The topological polar surface area (TPSA) is 38.3 Å². The van der Waals surface area contributed by atoms with E-state index in [2.05, 4.69) is 23.7 Å². The second-order valence-corrected chi connectivity index (χ2v) is 4.81. The minimum atomic E-state index is -0.0993. The lowest BCUT2D eigenvalue weighted by molar-refractivity contribution is -0.145. The lowest BCUT2D eigenvalue weighted by Crippen LogP contribution is -2.22. The Morgan fingerprint density at radius 1 is 1.60 bits per heavy atom. The van der Waals surface area contributed by atoms with Crippen molar-refractivity contribution in [1.29, 1.82) is 0 Å². The van der Waals surface area contributed by atoms with Crippen LogP contribution in [0.3, 0.4) is 0 Å². The second-order valence-electron chi connectivity index (χ2n) is 3.86. The van der Waals surface area contributed by atoms with Crippen LogP contribution in [0.15, 0.2) is 11.4 Å². The largest absolute Gasteiger partial charge is 0.469 e. The number of ether oxygens (including phenoxy) is 1. The quantitative estimate of drug-likeness (QED) is 0.776. The zero-order valence-electron chi connectivity index (χ0n) is 8.95. The molecule has 82 valence electrons. The third kappa shape index (κ3) is 1.92. The molecule has 15 heavy (non-hydrogen) atoms. The van der Waals surface area contributed by atoms with Crippen LogP contribution >= 0.6 is 11.3 Å². The van der Waals surface area contributed by atoms with Crippen LogP contribution in [0.1, 0.15) is 16.4 Å². The molecule has 2 unspecified atom stereocenters. The van der Waals surface area contributed by atoms with Crippen LogP contribution < -0.4 is 5.32 Å². The summed E-state index contributed by atoms with van der Waals surface area (Å²) in [6.45, 7) is 3.70. The molecule has 2 atom stereocenters. The van der Waals surface area contributed by atoms with Crippen LogP contribution in [0.4, 0.5) is 0 Å². The third-order valence-electron chi connectivity index (χ3n) is 2.96. The number of carbonyl (C=O) groups excluding carboxylic acids is 1. The van der Waals surface area contributed by atoms with Crippen LogP contribution in [0.2, 0.25) is 0 Å². The van der Waals surface area contributed by atoms with Gasteiger partial charge in [0.15, 0.2) is 0 Å². The molecule has 1 aromatic rings. The number of hydrogen-bond acceptors (Lipinski definition) is 4. The van der Waals surface area contributed by atoms with Crippen LogP contribution in [0, 0.1) is 12.8 Å². The predicted octanol–water partition coefficient (Wildman–Crippen LogP) is 1.53. The smallest absolute Gasteiger partial charge is 0.310 e. The first-order chi connectivity index (χ1) is 7.24. The van der Waals surface area contributed by atoms with Crippen molar-refractivity contribution in [2.75, 3.05) is 20.2 Å². The fourth-order valence-corrected chi connectivity index (χ4v) is 3.21. The maximum Gasteiger partial charge on any atom is 0.310 e. The first kappa shape index (κ1) is 10.6. The summed E-state index contributed by atoms with van der Waals surface area (Å²) in [6, 6.07) is 2.10. The van der Waals surface area contributed by atoms with Crippen LogP contribution in [0.25, 0.3) is 0 Å². The molecule has 0 radical (unpaired) electrons. The highest BCUT2D eigenvalue weighted by Gasteiger charge is 2.35. The van der Waals surface area contributed by atoms with Gasteiger partial charge in [-0.1, -0.05) is 0 Å². The molecule has 1 fully saturated rings. The van der Waals surface area contributed by atoms with Gasteiger partial charge in [0.05, 0.1) is 13.0 Å². The number of thiophene rings is 1. The van der Waals surface area contributed by atoms with E-state index in [1.54, 1.807) is 11.3 Å². The van der Waals surface area contributed by atoms with Gasteiger partial charge in [-0.05, 0) is 23.9 Å². The summed E-state index contributed by atoms with van der Waals surface area (Å²) in [5.74, 6) is 0.169. The number of hydrogen-bond donors (Lipinski definition) is 1. The van der Waals surface area contributed by atoms with Crippen molar-refractivity contribution in [3.05, 3.63) is 21.9 Å². The molecule has 4 heteroatoms. The molecule has 0 saturated carbocycles. The standard InChI is InChI=1S/C11H15NO2S/c1-7-3-4-15-10(7)8-5-12-6-9(8)11(13)14-2/h3-4,8-9,12H,5-6H2,1-2H3. The van der Waals surface area contributed by atoms with Gasteiger partial charge < -0.3 is 10.1 Å². The van der Waals surface area contributed by atoms with Crippen LogP contribution in [-0.4, -0.2) is 26.2 Å². The monoisotopic (exact) mass is 225 g/mol. The molecule has 3 nitrogen and oxygen atoms in total. The minimum absolute atomic E-state index is 0.0210. The van der Waals surface area contributed by atoms with E-state index in [4.69, 9.17) is 4.74 Å². The first-order valence-electron chi connectivity index (χ1n) is 5.06. The number of rotatable bonds is 2.